The van der Waals surface area contributed by atoms with Gasteiger partial charge in [-0.15, -0.1) is 12.4 Å². The number of nitrogens with two attached hydrogens (primary N) is 1. The number of benzene rings is 1. The molecule has 3 N–H and O–H groups in total. The van der Waals surface area contributed by atoms with Crippen LogP contribution in [0.4, 0.5) is 0 Å². The first kappa shape index (κ1) is 16.2. The lowest BCUT2D eigenvalue weighted by Crippen LogP contribution is -2.44. The summed E-state index contributed by atoms with van der Waals surface area (Å²) < 4.78 is 6.27. The Morgan fingerprint density at radius 3 is 2.78 bits per heavy atom. The maximum absolute atomic E-state index is 11.9. The number of fused-ring (bicyclic) bond motifs is 1. The number of halogens is 2. The molecule has 23 heavy (non-hydrogen) atoms. The maximum Gasteiger partial charge on any atom is 0.258 e. The fourth-order valence-electron chi connectivity index (χ4n) is 2.72. The third kappa shape index (κ3) is 2.69. The van der Waals surface area contributed by atoms with Gasteiger partial charge in [0, 0.05) is 21.4 Å². The molecule has 0 atom stereocenters. The van der Waals surface area contributed by atoms with Gasteiger partial charge in [0.1, 0.15) is 0 Å². The zero-order chi connectivity index (χ0) is 15.3. The highest BCUT2D eigenvalue weighted by Crippen LogP contribution is 2.38. The van der Waals surface area contributed by atoms with Crippen LogP contribution in [0.1, 0.15) is 25.1 Å². The van der Waals surface area contributed by atoms with Crippen LogP contribution in [0.25, 0.3) is 22.4 Å². The van der Waals surface area contributed by atoms with E-state index in [-0.39, 0.29) is 18.0 Å². The van der Waals surface area contributed by atoms with Gasteiger partial charge in [-0.2, -0.15) is 4.98 Å². The molecule has 1 aromatic carbocycles. The van der Waals surface area contributed by atoms with Crippen LogP contribution >= 0.6 is 28.3 Å². The Morgan fingerprint density at radius 2 is 2.09 bits per heavy atom. The van der Waals surface area contributed by atoms with Gasteiger partial charge in [-0.3, -0.25) is 4.79 Å². The average Bonchev–Trinajstić information content (AvgIpc) is 2.94. The monoisotopic (exact) mass is 396 g/mol. The van der Waals surface area contributed by atoms with Gasteiger partial charge in [-0.05, 0) is 37.5 Å². The molecule has 3 aromatic rings. The van der Waals surface area contributed by atoms with Crippen molar-refractivity contribution in [2.45, 2.75) is 24.8 Å². The number of H-pyrrole nitrogens is 1. The smallest absolute Gasteiger partial charge is 0.258 e. The quantitative estimate of drug-likeness (QED) is 0.692. The van der Waals surface area contributed by atoms with Crippen molar-refractivity contribution in [3.8, 4) is 11.5 Å². The third-order valence-electron chi connectivity index (χ3n) is 4.15. The minimum atomic E-state index is -0.487. The van der Waals surface area contributed by atoms with Crippen molar-refractivity contribution >= 4 is 39.2 Å². The van der Waals surface area contributed by atoms with E-state index in [1.807, 2.05) is 18.2 Å². The topological polar surface area (TPSA) is 97.8 Å². The molecule has 1 saturated carbocycles. The van der Waals surface area contributed by atoms with E-state index in [4.69, 9.17) is 10.3 Å². The van der Waals surface area contributed by atoms with Crippen LogP contribution in [0.2, 0.25) is 0 Å². The largest absolute Gasteiger partial charge is 0.334 e. The van der Waals surface area contributed by atoms with Crippen molar-refractivity contribution in [1.29, 1.82) is 0 Å². The minimum Gasteiger partial charge on any atom is -0.334 e. The van der Waals surface area contributed by atoms with Gasteiger partial charge < -0.3 is 15.2 Å². The summed E-state index contributed by atoms with van der Waals surface area (Å²) in [6.45, 7) is 0. The number of nitrogens with one attached hydrogen (secondary N) is 1. The van der Waals surface area contributed by atoms with Gasteiger partial charge in [-0.25, -0.2) is 0 Å². The molecular weight excluding hydrogens is 384 g/mol. The van der Waals surface area contributed by atoms with E-state index in [0.29, 0.717) is 17.3 Å². The minimum absolute atomic E-state index is 0. The number of hydrogen-bond donors (Lipinski definition) is 2. The van der Waals surface area contributed by atoms with Crippen LogP contribution in [-0.2, 0) is 5.54 Å². The Bertz CT molecular complexity index is 933. The molecule has 4 rings (SSSR count). The predicted molar refractivity (Wildman–Crippen MR) is 92.5 cm³/mol. The Kier molecular flexibility index (Phi) is 4.03. The lowest BCUT2D eigenvalue weighted by atomic mass is 9.77. The summed E-state index contributed by atoms with van der Waals surface area (Å²) >= 11 is 3.44. The molecule has 0 spiro atoms. The molecule has 0 amide bonds. The molecule has 6 nitrogen and oxygen atoms in total. The summed E-state index contributed by atoms with van der Waals surface area (Å²) in [6.07, 6.45) is 2.78. The normalized spacial score (nSPS) is 15.9. The first-order valence-corrected chi connectivity index (χ1v) is 7.80. The number of aromatic nitrogens is 3. The summed E-state index contributed by atoms with van der Waals surface area (Å²) in [5, 5.41) is 4.85. The molecule has 1 aliphatic carbocycles. The number of pyridine rings is 1. The second-order valence-electron chi connectivity index (χ2n) is 5.67. The van der Waals surface area contributed by atoms with E-state index in [9.17, 15) is 4.79 Å². The lowest BCUT2D eigenvalue weighted by molar-refractivity contribution is 0.229. The molecular formula is C15H14BrClN4O2. The third-order valence-corrected chi connectivity index (χ3v) is 4.65. The van der Waals surface area contributed by atoms with Gasteiger partial charge in [0.2, 0.25) is 5.56 Å². The molecule has 2 aromatic heterocycles. The summed E-state index contributed by atoms with van der Waals surface area (Å²) in [4.78, 5) is 19.1. The zero-order valence-corrected chi connectivity index (χ0v) is 14.4. The molecule has 0 radical (unpaired) electrons. The van der Waals surface area contributed by atoms with E-state index in [0.717, 1.165) is 34.6 Å². The molecule has 2 heterocycles. The predicted octanol–water partition coefficient (Wildman–Crippen LogP) is 3.10. The van der Waals surface area contributed by atoms with Gasteiger partial charge in [-0.1, -0.05) is 21.1 Å². The average molecular weight is 398 g/mol. The van der Waals surface area contributed by atoms with Crippen molar-refractivity contribution in [2.24, 2.45) is 5.73 Å². The highest BCUT2D eigenvalue weighted by molar-refractivity contribution is 9.10. The number of rotatable bonds is 2. The van der Waals surface area contributed by atoms with Crippen LogP contribution in [0.15, 0.2) is 38.1 Å². The Balaban J connectivity index is 0.00000156. The SMILES string of the molecule is Cl.NC1(c2noc(-c3cc(=O)[nH]c4ccc(Br)cc34)n2)CCC1. The Morgan fingerprint density at radius 1 is 1.30 bits per heavy atom. The molecule has 8 heteroatoms. The first-order chi connectivity index (χ1) is 10.5. The molecule has 0 saturated heterocycles. The fourth-order valence-corrected chi connectivity index (χ4v) is 3.08. The standard InChI is InChI=1S/C15H13BrN4O2.ClH/c16-8-2-3-11-9(6-8)10(7-12(21)18-11)13-19-14(20-22-13)15(17)4-1-5-15;/h2-3,6-7H,1,4-5,17H2,(H,18,21);1H. The lowest BCUT2D eigenvalue weighted by Gasteiger charge is -2.34. The number of aromatic amines is 1. The van der Waals surface area contributed by atoms with Gasteiger partial charge in [0.05, 0.1) is 11.1 Å². The van der Waals surface area contributed by atoms with Crippen molar-refractivity contribution < 1.29 is 4.52 Å². The first-order valence-electron chi connectivity index (χ1n) is 7.01. The van der Waals surface area contributed by atoms with E-state index >= 15 is 0 Å². The van der Waals surface area contributed by atoms with Crippen LogP contribution in [0.5, 0.6) is 0 Å². The molecule has 120 valence electrons. The molecule has 0 bridgehead atoms. The van der Waals surface area contributed by atoms with Crippen molar-refractivity contribution in [1.82, 2.24) is 15.1 Å². The molecule has 1 aliphatic rings. The second kappa shape index (κ2) is 5.74. The summed E-state index contributed by atoms with van der Waals surface area (Å²) in [7, 11) is 0. The van der Waals surface area contributed by atoms with E-state index in [2.05, 4.69) is 31.1 Å². The van der Waals surface area contributed by atoms with Gasteiger partial charge in [0.15, 0.2) is 5.82 Å². The number of nitrogens with zero attached hydrogens (tertiary/aromatic N) is 2. The zero-order valence-electron chi connectivity index (χ0n) is 12.0. The van der Waals surface area contributed by atoms with Crippen LogP contribution in [0.3, 0.4) is 0 Å². The van der Waals surface area contributed by atoms with Crippen LogP contribution < -0.4 is 11.3 Å². The Labute approximate surface area is 146 Å². The summed E-state index contributed by atoms with van der Waals surface area (Å²) in [5.74, 6) is 0.832. The van der Waals surface area contributed by atoms with Gasteiger partial charge >= 0.3 is 0 Å². The van der Waals surface area contributed by atoms with E-state index in [1.54, 1.807) is 0 Å². The summed E-state index contributed by atoms with van der Waals surface area (Å²) in [6, 6.07) is 7.07. The Hall–Kier alpha value is -1.70. The maximum atomic E-state index is 11.9. The highest BCUT2D eigenvalue weighted by Gasteiger charge is 2.39. The van der Waals surface area contributed by atoms with Crippen LogP contribution in [0, 0.1) is 0 Å². The number of hydrogen-bond acceptors (Lipinski definition) is 5. The van der Waals surface area contributed by atoms with Crippen molar-refractivity contribution in [3.05, 3.63) is 44.9 Å². The van der Waals surface area contributed by atoms with Crippen LogP contribution in [-0.4, -0.2) is 15.1 Å². The van der Waals surface area contributed by atoms with Crippen molar-refractivity contribution in [3.63, 3.8) is 0 Å². The fraction of sp³-hybridized carbons (Fsp3) is 0.267. The molecule has 0 aliphatic heterocycles. The highest BCUT2D eigenvalue weighted by atomic mass is 79.9. The van der Waals surface area contributed by atoms with Gasteiger partial charge in [0.25, 0.3) is 5.89 Å². The van der Waals surface area contributed by atoms with E-state index < -0.39 is 5.54 Å². The van der Waals surface area contributed by atoms with Crippen molar-refractivity contribution in [2.75, 3.05) is 0 Å². The summed E-state index contributed by atoms with van der Waals surface area (Å²) in [5.41, 5.74) is 6.85. The van der Waals surface area contributed by atoms with E-state index in [1.165, 1.54) is 6.07 Å². The second-order valence-corrected chi connectivity index (χ2v) is 6.59. The molecule has 0 unspecified atom stereocenters. The molecule has 1 fully saturated rings.